The Morgan fingerprint density at radius 1 is 1.15 bits per heavy atom. The average Bonchev–Trinajstić information content (AvgIpc) is 2.82. The van der Waals surface area contributed by atoms with Crippen molar-refractivity contribution in [1.82, 2.24) is 14.6 Å². The Hall–Kier alpha value is -2.56. The van der Waals surface area contributed by atoms with Gasteiger partial charge in [-0.3, -0.25) is 0 Å². The number of ether oxygens (including phenoxy) is 2. The van der Waals surface area contributed by atoms with Crippen LogP contribution in [0, 0.1) is 6.92 Å². The summed E-state index contributed by atoms with van der Waals surface area (Å²) >= 11 is 0. The summed E-state index contributed by atoms with van der Waals surface area (Å²) < 4.78 is 13.0. The molecule has 20 heavy (non-hydrogen) atoms. The van der Waals surface area contributed by atoms with E-state index in [1.807, 2.05) is 37.4 Å². The Balaban J connectivity index is 1.93. The maximum atomic E-state index is 5.64. The van der Waals surface area contributed by atoms with Crippen molar-refractivity contribution >= 4 is 5.65 Å². The van der Waals surface area contributed by atoms with E-state index in [9.17, 15) is 0 Å². The van der Waals surface area contributed by atoms with Crippen LogP contribution in [0.3, 0.4) is 0 Å². The largest absolute Gasteiger partial charge is 0.486 e. The zero-order valence-electron chi connectivity index (χ0n) is 11.0. The van der Waals surface area contributed by atoms with E-state index in [1.165, 1.54) is 0 Å². The van der Waals surface area contributed by atoms with Crippen molar-refractivity contribution in [3.63, 3.8) is 0 Å². The van der Waals surface area contributed by atoms with Crippen LogP contribution >= 0.6 is 0 Å². The quantitative estimate of drug-likeness (QED) is 0.679. The van der Waals surface area contributed by atoms with E-state index in [0.29, 0.717) is 13.2 Å². The van der Waals surface area contributed by atoms with Gasteiger partial charge < -0.3 is 9.47 Å². The molecule has 3 aromatic rings. The Morgan fingerprint density at radius 3 is 2.90 bits per heavy atom. The molecular formula is C15H13N3O2. The van der Waals surface area contributed by atoms with Crippen LogP contribution < -0.4 is 9.47 Å². The third-order valence-electron chi connectivity index (χ3n) is 3.40. The molecule has 5 nitrogen and oxygen atoms in total. The van der Waals surface area contributed by atoms with Gasteiger partial charge in [-0.15, -0.1) is 0 Å². The maximum absolute atomic E-state index is 5.64. The van der Waals surface area contributed by atoms with E-state index in [2.05, 4.69) is 10.1 Å². The standard InChI is InChI=1S/C15H13N3O2/c1-10-14(15-16-5-2-6-18(15)17-10)11-3-4-12-13(9-11)20-8-7-19-12/h2-6,9H,7-8H2,1H3. The predicted molar refractivity (Wildman–Crippen MR) is 74.2 cm³/mol. The zero-order chi connectivity index (χ0) is 13.5. The van der Waals surface area contributed by atoms with Gasteiger partial charge in [0.05, 0.1) is 5.69 Å². The fourth-order valence-corrected chi connectivity index (χ4v) is 2.53. The number of aryl methyl sites for hydroxylation is 1. The lowest BCUT2D eigenvalue weighted by atomic mass is 10.1. The van der Waals surface area contributed by atoms with Crippen molar-refractivity contribution in [2.45, 2.75) is 6.92 Å². The lowest BCUT2D eigenvalue weighted by Gasteiger charge is -2.18. The van der Waals surface area contributed by atoms with Gasteiger partial charge in [0.2, 0.25) is 0 Å². The molecule has 2 aromatic heterocycles. The molecule has 0 amide bonds. The Labute approximate surface area is 115 Å². The van der Waals surface area contributed by atoms with Crippen LogP contribution in [-0.4, -0.2) is 27.8 Å². The SMILES string of the molecule is Cc1nn2cccnc2c1-c1ccc2c(c1)OCCO2. The van der Waals surface area contributed by atoms with Crippen LogP contribution in [0.1, 0.15) is 5.69 Å². The number of nitrogens with zero attached hydrogens (tertiary/aromatic N) is 3. The highest BCUT2D eigenvalue weighted by molar-refractivity contribution is 5.81. The Kier molecular flexibility index (Phi) is 2.39. The van der Waals surface area contributed by atoms with Crippen LogP contribution in [0.2, 0.25) is 0 Å². The number of benzene rings is 1. The van der Waals surface area contributed by atoms with Gasteiger partial charge in [0.1, 0.15) is 13.2 Å². The summed E-state index contributed by atoms with van der Waals surface area (Å²) in [4.78, 5) is 4.42. The normalized spacial score (nSPS) is 13.7. The van der Waals surface area contributed by atoms with E-state index in [0.717, 1.165) is 34.0 Å². The molecule has 0 unspecified atom stereocenters. The Morgan fingerprint density at radius 2 is 2.00 bits per heavy atom. The topological polar surface area (TPSA) is 48.7 Å². The minimum absolute atomic E-state index is 0.586. The molecule has 1 aliphatic heterocycles. The summed E-state index contributed by atoms with van der Waals surface area (Å²) in [5, 5.41) is 4.48. The van der Waals surface area contributed by atoms with Crippen LogP contribution in [-0.2, 0) is 0 Å². The smallest absolute Gasteiger partial charge is 0.163 e. The summed E-state index contributed by atoms with van der Waals surface area (Å²) in [6.45, 7) is 3.17. The molecule has 5 heteroatoms. The molecule has 0 fully saturated rings. The van der Waals surface area contributed by atoms with E-state index in [4.69, 9.17) is 9.47 Å². The molecule has 100 valence electrons. The minimum Gasteiger partial charge on any atom is -0.486 e. The van der Waals surface area contributed by atoms with Crippen molar-refractivity contribution in [3.8, 4) is 22.6 Å². The lowest BCUT2D eigenvalue weighted by molar-refractivity contribution is 0.171. The van der Waals surface area contributed by atoms with E-state index < -0.39 is 0 Å². The molecule has 0 N–H and O–H groups in total. The molecule has 0 saturated carbocycles. The maximum Gasteiger partial charge on any atom is 0.163 e. The molecule has 0 radical (unpaired) electrons. The molecule has 3 heterocycles. The van der Waals surface area contributed by atoms with Gasteiger partial charge in [-0.2, -0.15) is 5.10 Å². The molecule has 0 bridgehead atoms. The van der Waals surface area contributed by atoms with E-state index in [1.54, 1.807) is 10.7 Å². The summed E-state index contributed by atoms with van der Waals surface area (Å²) in [5.74, 6) is 1.57. The highest BCUT2D eigenvalue weighted by Crippen LogP contribution is 2.36. The lowest BCUT2D eigenvalue weighted by Crippen LogP contribution is -2.15. The van der Waals surface area contributed by atoms with Gasteiger partial charge >= 0.3 is 0 Å². The first kappa shape index (κ1) is 11.3. The van der Waals surface area contributed by atoms with Gasteiger partial charge in [0.25, 0.3) is 0 Å². The summed E-state index contributed by atoms with van der Waals surface area (Å²) in [7, 11) is 0. The molecule has 0 saturated heterocycles. The fraction of sp³-hybridized carbons (Fsp3) is 0.200. The molecule has 0 atom stereocenters. The minimum atomic E-state index is 0.586. The molecule has 0 aliphatic carbocycles. The second-order valence-corrected chi connectivity index (χ2v) is 4.71. The van der Waals surface area contributed by atoms with Crippen LogP contribution in [0.5, 0.6) is 11.5 Å². The van der Waals surface area contributed by atoms with Crippen molar-refractivity contribution in [1.29, 1.82) is 0 Å². The molecular weight excluding hydrogens is 254 g/mol. The highest BCUT2D eigenvalue weighted by Gasteiger charge is 2.17. The monoisotopic (exact) mass is 267 g/mol. The fourth-order valence-electron chi connectivity index (χ4n) is 2.53. The molecule has 4 rings (SSSR count). The number of rotatable bonds is 1. The van der Waals surface area contributed by atoms with Crippen LogP contribution in [0.15, 0.2) is 36.7 Å². The average molecular weight is 267 g/mol. The van der Waals surface area contributed by atoms with E-state index in [-0.39, 0.29) is 0 Å². The molecule has 0 spiro atoms. The number of aromatic nitrogens is 3. The molecule has 1 aromatic carbocycles. The first-order valence-corrected chi connectivity index (χ1v) is 6.53. The summed E-state index contributed by atoms with van der Waals surface area (Å²) in [6.07, 6.45) is 3.68. The van der Waals surface area contributed by atoms with Crippen LogP contribution in [0.25, 0.3) is 16.8 Å². The molecule has 1 aliphatic rings. The predicted octanol–water partition coefficient (Wildman–Crippen LogP) is 2.48. The van der Waals surface area contributed by atoms with Gasteiger partial charge in [-0.05, 0) is 30.7 Å². The third kappa shape index (κ3) is 1.63. The number of hydrogen-bond donors (Lipinski definition) is 0. The first-order valence-electron chi connectivity index (χ1n) is 6.53. The van der Waals surface area contributed by atoms with Gasteiger partial charge in [-0.25, -0.2) is 9.50 Å². The van der Waals surface area contributed by atoms with Gasteiger partial charge in [0, 0.05) is 18.0 Å². The number of hydrogen-bond acceptors (Lipinski definition) is 4. The van der Waals surface area contributed by atoms with Gasteiger partial charge in [0.15, 0.2) is 17.1 Å². The second kappa shape index (κ2) is 4.23. The van der Waals surface area contributed by atoms with Gasteiger partial charge in [-0.1, -0.05) is 6.07 Å². The van der Waals surface area contributed by atoms with E-state index >= 15 is 0 Å². The highest BCUT2D eigenvalue weighted by atomic mass is 16.6. The summed E-state index contributed by atoms with van der Waals surface area (Å²) in [6, 6.07) is 7.82. The van der Waals surface area contributed by atoms with Crippen molar-refractivity contribution in [2.24, 2.45) is 0 Å². The second-order valence-electron chi connectivity index (χ2n) is 4.71. The van der Waals surface area contributed by atoms with Crippen molar-refractivity contribution in [3.05, 3.63) is 42.4 Å². The first-order chi connectivity index (χ1) is 9.83. The third-order valence-corrected chi connectivity index (χ3v) is 3.40. The Bertz CT molecular complexity index is 795. The zero-order valence-corrected chi connectivity index (χ0v) is 11.0. The van der Waals surface area contributed by atoms with Crippen molar-refractivity contribution < 1.29 is 9.47 Å². The van der Waals surface area contributed by atoms with Crippen LogP contribution in [0.4, 0.5) is 0 Å². The van der Waals surface area contributed by atoms with Crippen molar-refractivity contribution in [2.75, 3.05) is 13.2 Å². The number of fused-ring (bicyclic) bond motifs is 2. The summed E-state index contributed by atoms with van der Waals surface area (Å²) in [5.41, 5.74) is 3.87.